The fourth-order valence-electron chi connectivity index (χ4n) is 3.81. The summed E-state index contributed by atoms with van der Waals surface area (Å²) in [5.41, 5.74) is 1.44. The molecule has 5 rings (SSSR count). The van der Waals surface area contributed by atoms with Crippen molar-refractivity contribution >= 4 is 55.8 Å². The van der Waals surface area contributed by atoms with Gasteiger partial charge in [0.25, 0.3) is 0 Å². The first-order valence-electron chi connectivity index (χ1n) is 11.1. The summed E-state index contributed by atoms with van der Waals surface area (Å²) in [5, 5.41) is 11.3. The van der Waals surface area contributed by atoms with E-state index in [1.54, 1.807) is 59.2 Å². The molecule has 0 aliphatic rings. The molecule has 0 bridgehead atoms. The average molecular weight is 574 g/mol. The van der Waals surface area contributed by atoms with Crippen molar-refractivity contribution in [1.82, 2.24) is 19.5 Å². The topological polar surface area (TPSA) is 76.9 Å². The maximum absolute atomic E-state index is 13.3. The zero-order chi connectivity index (χ0) is 26.0. The van der Waals surface area contributed by atoms with Crippen LogP contribution in [0.3, 0.4) is 0 Å². The number of hydrogen-bond donors (Lipinski definition) is 1. The van der Waals surface area contributed by atoms with E-state index in [0.29, 0.717) is 37.9 Å². The van der Waals surface area contributed by atoms with Gasteiger partial charge >= 0.3 is 0 Å². The SMILES string of the molecule is O=S(=O)(NCc1nnc(SCc2ccc(F)cc2)n1-c1ccc(Cl)cc1Cl)c1cccc2ccccc12. The first-order chi connectivity index (χ1) is 17.8. The number of thioether (sulfide) groups is 1. The predicted octanol–water partition coefficient (Wildman–Crippen LogP) is 6.64. The summed E-state index contributed by atoms with van der Waals surface area (Å²) in [5.74, 6) is 0.519. The summed E-state index contributed by atoms with van der Waals surface area (Å²) in [4.78, 5) is 0.173. The zero-order valence-corrected chi connectivity index (χ0v) is 22.3. The Bertz CT molecular complexity index is 1690. The van der Waals surface area contributed by atoms with Crippen LogP contribution in [0.4, 0.5) is 4.39 Å². The molecule has 0 aliphatic heterocycles. The Hall–Kier alpha value is -2.95. The molecule has 0 atom stereocenters. The number of nitrogens with one attached hydrogen (secondary N) is 1. The lowest BCUT2D eigenvalue weighted by molar-refractivity contribution is 0.579. The minimum atomic E-state index is -3.88. The van der Waals surface area contributed by atoms with Gasteiger partial charge in [0, 0.05) is 16.2 Å². The number of benzene rings is 4. The predicted molar refractivity (Wildman–Crippen MR) is 145 cm³/mol. The summed E-state index contributed by atoms with van der Waals surface area (Å²) < 4.78 is 44.2. The lowest BCUT2D eigenvalue weighted by Gasteiger charge is -2.13. The van der Waals surface area contributed by atoms with Crippen LogP contribution in [0, 0.1) is 5.82 Å². The van der Waals surface area contributed by atoms with Crippen LogP contribution in [-0.2, 0) is 22.3 Å². The monoisotopic (exact) mass is 572 g/mol. The Morgan fingerprint density at radius 2 is 1.68 bits per heavy atom. The van der Waals surface area contributed by atoms with E-state index < -0.39 is 10.0 Å². The number of nitrogens with zero attached hydrogens (tertiary/aromatic N) is 3. The van der Waals surface area contributed by atoms with E-state index in [1.807, 2.05) is 18.2 Å². The molecule has 188 valence electrons. The van der Waals surface area contributed by atoms with Crippen molar-refractivity contribution in [1.29, 1.82) is 0 Å². The smallest absolute Gasteiger partial charge is 0.241 e. The van der Waals surface area contributed by atoms with Crippen molar-refractivity contribution in [3.63, 3.8) is 0 Å². The first kappa shape index (κ1) is 25.7. The van der Waals surface area contributed by atoms with Gasteiger partial charge in [0.05, 0.1) is 22.2 Å². The van der Waals surface area contributed by atoms with Crippen LogP contribution >= 0.6 is 35.0 Å². The standard InChI is InChI=1S/C26H19Cl2FN4O2S2/c27-19-10-13-23(22(28)14-19)33-25(31-32-26(33)36-16-17-8-11-20(29)12-9-17)15-30-37(34,35)24-7-3-5-18-4-1-2-6-21(18)24/h1-14,30H,15-16H2. The van der Waals surface area contributed by atoms with Gasteiger partial charge in [-0.3, -0.25) is 4.57 Å². The van der Waals surface area contributed by atoms with Crippen molar-refractivity contribution in [3.8, 4) is 5.69 Å². The van der Waals surface area contributed by atoms with Crippen molar-refractivity contribution in [3.05, 3.63) is 112 Å². The number of hydrogen-bond acceptors (Lipinski definition) is 5. The van der Waals surface area contributed by atoms with Gasteiger partial charge in [0.1, 0.15) is 5.82 Å². The lowest BCUT2D eigenvalue weighted by Crippen LogP contribution is -2.25. The maximum atomic E-state index is 13.3. The third kappa shape index (κ3) is 5.66. The van der Waals surface area contributed by atoms with Crippen LogP contribution in [0.25, 0.3) is 16.5 Å². The highest BCUT2D eigenvalue weighted by Gasteiger charge is 2.21. The Morgan fingerprint density at radius 1 is 0.919 bits per heavy atom. The fourth-order valence-corrected chi connectivity index (χ4v) is 6.43. The molecule has 6 nitrogen and oxygen atoms in total. The molecular formula is C26H19Cl2FN4O2S2. The molecule has 0 amide bonds. The summed E-state index contributed by atoms with van der Waals surface area (Å²) in [6.07, 6.45) is 0. The normalized spacial score (nSPS) is 11.8. The van der Waals surface area contributed by atoms with Crippen LogP contribution in [0.2, 0.25) is 10.0 Å². The number of fused-ring (bicyclic) bond motifs is 1. The molecule has 1 heterocycles. The van der Waals surface area contributed by atoms with Gasteiger partial charge < -0.3 is 0 Å². The van der Waals surface area contributed by atoms with Gasteiger partial charge in [-0.15, -0.1) is 10.2 Å². The van der Waals surface area contributed by atoms with Crippen molar-refractivity contribution in [2.24, 2.45) is 0 Å². The Balaban J connectivity index is 1.47. The molecule has 0 fully saturated rings. The van der Waals surface area contributed by atoms with Gasteiger partial charge in [-0.1, -0.05) is 83.5 Å². The van der Waals surface area contributed by atoms with Gasteiger partial charge in [0.2, 0.25) is 10.0 Å². The molecular weight excluding hydrogens is 554 g/mol. The van der Waals surface area contributed by atoms with Gasteiger partial charge in [-0.2, -0.15) is 0 Å². The number of sulfonamides is 1. The second-order valence-corrected chi connectivity index (χ2v) is 11.6. The second kappa shape index (κ2) is 10.8. The van der Waals surface area contributed by atoms with Crippen LogP contribution < -0.4 is 4.72 Å². The van der Waals surface area contributed by atoms with Crippen LogP contribution in [-0.4, -0.2) is 23.2 Å². The molecule has 37 heavy (non-hydrogen) atoms. The Morgan fingerprint density at radius 3 is 2.46 bits per heavy atom. The van der Waals surface area contributed by atoms with E-state index >= 15 is 0 Å². The third-order valence-electron chi connectivity index (χ3n) is 5.59. The largest absolute Gasteiger partial charge is 0.271 e. The van der Waals surface area contributed by atoms with E-state index in [0.717, 1.165) is 10.9 Å². The first-order valence-corrected chi connectivity index (χ1v) is 14.3. The molecule has 11 heteroatoms. The minimum absolute atomic E-state index is 0.130. The Kier molecular flexibility index (Phi) is 7.50. The lowest BCUT2D eigenvalue weighted by atomic mass is 10.1. The summed E-state index contributed by atoms with van der Waals surface area (Å²) in [7, 11) is -3.88. The van der Waals surface area contributed by atoms with Crippen LogP contribution in [0.1, 0.15) is 11.4 Å². The Labute approximate surface area is 227 Å². The fraction of sp³-hybridized carbons (Fsp3) is 0.0769. The zero-order valence-electron chi connectivity index (χ0n) is 19.1. The summed E-state index contributed by atoms with van der Waals surface area (Å²) >= 11 is 14.0. The highest BCUT2D eigenvalue weighted by molar-refractivity contribution is 7.98. The molecule has 0 saturated heterocycles. The van der Waals surface area contributed by atoms with Crippen LogP contribution in [0.5, 0.6) is 0 Å². The molecule has 0 saturated carbocycles. The van der Waals surface area contributed by atoms with E-state index in [9.17, 15) is 12.8 Å². The average Bonchev–Trinajstić information content (AvgIpc) is 3.29. The molecule has 5 aromatic rings. The minimum Gasteiger partial charge on any atom is -0.271 e. The molecule has 4 aromatic carbocycles. The molecule has 0 aliphatic carbocycles. The van der Waals surface area contributed by atoms with E-state index in [1.165, 1.54) is 23.9 Å². The van der Waals surface area contributed by atoms with E-state index in [2.05, 4.69) is 14.9 Å². The quantitative estimate of drug-likeness (QED) is 0.211. The number of aromatic nitrogens is 3. The highest BCUT2D eigenvalue weighted by Crippen LogP contribution is 2.31. The number of halogens is 3. The van der Waals surface area contributed by atoms with E-state index in [4.69, 9.17) is 23.2 Å². The molecule has 0 radical (unpaired) electrons. The molecule has 0 unspecified atom stereocenters. The van der Waals surface area contributed by atoms with E-state index in [-0.39, 0.29) is 17.3 Å². The van der Waals surface area contributed by atoms with Gasteiger partial charge in [-0.05, 0) is 47.3 Å². The third-order valence-corrected chi connectivity index (χ3v) is 8.59. The highest BCUT2D eigenvalue weighted by atomic mass is 35.5. The van der Waals surface area contributed by atoms with Gasteiger partial charge in [0.15, 0.2) is 11.0 Å². The number of rotatable bonds is 8. The second-order valence-electron chi connectivity index (χ2n) is 8.05. The molecule has 1 N–H and O–H groups in total. The summed E-state index contributed by atoms with van der Waals surface area (Å²) in [6, 6.07) is 23.6. The maximum Gasteiger partial charge on any atom is 0.241 e. The van der Waals surface area contributed by atoms with Crippen LogP contribution in [0.15, 0.2) is 95.0 Å². The van der Waals surface area contributed by atoms with Crippen molar-refractivity contribution < 1.29 is 12.8 Å². The van der Waals surface area contributed by atoms with Crippen molar-refractivity contribution in [2.75, 3.05) is 0 Å². The molecule has 1 aromatic heterocycles. The van der Waals surface area contributed by atoms with Gasteiger partial charge in [-0.25, -0.2) is 17.5 Å². The van der Waals surface area contributed by atoms with Crippen molar-refractivity contribution in [2.45, 2.75) is 22.3 Å². The summed E-state index contributed by atoms with van der Waals surface area (Å²) in [6.45, 7) is -0.130. The molecule has 0 spiro atoms.